The minimum absolute atomic E-state index is 0.616. The Labute approximate surface area is 46.8 Å². The van der Waals surface area contributed by atoms with E-state index >= 15 is 0 Å². The molecule has 3 heteroatoms. The van der Waals surface area contributed by atoms with Crippen LogP contribution in [0, 0.1) is 0 Å². The molecule has 0 spiro atoms. The molecule has 1 heterocycles. The third-order valence-corrected chi connectivity index (χ3v) is 1.90. The van der Waals surface area contributed by atoms with Gasteiger partial charge < -0.3 is 0 Å². The molecule has 42 valence electrons. The van der Waals surface area contributed by atoms with E-state index in [1.807, 2.05) is 11.8 Å². The molecule has 0 unspecified atom stereocenters. The molecule has 1 fully saturated rings. The van der Waals surface area contributed by atoms with Gasteiger partial charge in [-0.1, -0.05) is 0 Å². The second-order valence-corrected chi connectivity index (χ2v) is 2.75. The van der Waals surface area contributed by atoms with E-state index < -0.39 is 0 Å². The Bertz CT molecular complexity index is 53.7. The molecule has 0 aromatic heterocycles. The molecule has 0 amide bonds. The van der Waals surface area contributed by atoms with E-state index in [-0.39, 0.29) is 0 Å². The van der Waals surface area contributed by atoms with E-state index in [9.17, 15) is 4.48 Å². The summed E-state index contributed by atoms with van der Waals surface area (Å²) in [7, 11) is 0. The summed E-state index contributed by atoms with van der Waals surface area (Å²) in [6.07, 6.45) is 0. The van der Waals surface area contributed by atoms with Crippen LogP contribution in [0.4, 0.5) is 4.48 Å². The van der Waals surface area contributed by atoms with Gasteiger partial charge in [-0.05, 0) is 0 Å². The van der Waals surface area contributed by atoms with Crippen LogP contribution >= 0.6 is 11.8 Å². The summed E-state index contributed by atoms with van der Waals surface area (Å²) in [5, 5.41) is 0.872. The first-order chi connectivity index (χ1) is 3.39. The molecule has 1 nitrogen and oxygen atoms in total. The minimum atomic E-state index is 0.616. The highest BCUT2D eigenvalue weighted by molar-refractivity contribution is 7.99. The molecule has 0 N–H and O–H groups in total. The monoisotopic (exact) mass is 121 g/mol. The third-order valence-electron chi connectivity index (χ3n) is 0.957. The summed E-state index contributed by atoms with van der Waals surface area (Å²) in [5.41, 5.74) is 0. The zero-order valence-corrected chi connectivity index (χ0v) is 4.88. The fourth-order valence-electron chi connectivity index (χ4n) is 0.541. The molecule has 7 heavy (non-hydrogen) atoms. The molecule has 1 saturated heterocycles. The van der Waals surface area contributed by atoms with Crippen molar-refractivity contribution >= 4 is 11.8 Å². The van der Waals surface area contributed by atoms with Crippen LogP contribution in [-0.4, -0.2) is 29.7 Å². The Hall–Kier alpha value is 0.240. The molecule has 0 bridgehead atoms. The number of hydrogen-bond acceptors (Lipinski definition) is 2. The van der Waals surface area contributed by atoms with Crippen LogP contribution in [0.3, 0.4) is 0 Å². The molecule has 0 radical (unpaired) electrons. The summed E-state index contributed by atoms with van der Waals surface area (Å²) in [6, 6.07) is 0. The van der Waals surface area contributed by atoms with Gasteiger partial charge in [-0.15, -0.1) is 9.60 Å². The highest BCUT2D eigenvalue weighted by Gasteiger charge is 2.06. The molecule has 1 aliphatic heterocycles. The largest absolute Gasteiger partial charge is 0.159 e. The highest BCUT2D eigenvalue weighted by atomic mass is 32.2. The average Bonchev–Trinajstić information content (AvgIpc) is 1.69. The number of hydrogen-bond donors (Lipinski definition) is 0. The second-order valence-electron chi connectivity index (χ2n) is 1.52. The molecule has 1 rings (SSSR count). The van der Waals surface area contributed by atoms with Gasteiger partial charge in [0, 0.05) is 24.6 Å². The maximum Gasteiger partial charge on any atom is 0.0381 e. The van der Waals surface area contributed by atoms with Crippen molar-refractivity contribution in [2.75, 3.05) is 24.6 Å². The lowest BCUT2D eigenvalue weighted by atomic mass is 10.6. The van der Waals surface area contributed by atoms with Gasteiger partial charge in [0.25, 0.3) is 0 Å². The fourth-order valence-corrected chi connectivity index (χ4v) is 1.40. The van der Waals surface area contributed by atoms with Crippen molar-refractivity contribution in [1.82, 2.24) is 5.12 Å². The van der Waals surface area contributed by atoms with Crippen LogP contribution in [0.2, 0.25) is 0 Å². The lowest BCUT2D eigenvalue weighted by Crippen LogP contribution is -2.24. The van der Waals surface area contributed by atoms with E-state index in [1.165, 1.54) is 0 Å². The zero-order valence-electron chi connectivity index (χ0n) is 4.06. The summed E-state index contributed by atoms with van der Waals surface area (Å²) in [4.78, 5) is 0. The van der Waals surface area contributed by atoms with Crippen LogP contribution < -0.4 is 0 Å². The smallest absolute Gasteiger partial charge is 0.0381 e. The van der Waals surface area contributed by atoms with Gasteiger partial charge in [0.2, 0.25) is 0 Å². The summed E-state index contributed by atoms with van der Waals surface area (Å²) < 4.78 is 12.0. The highest BCUT2D eigenvalue weighted by Crippen LogP contribution is 2.07. The van der Waals surface area contributed by atoms with Gasteiger partial charge in [0.1, 0.15) is 0 Å². The van der Waals surface area contributed by atoms with Gasteiger partial charge in [-0.3, -0.25) is 0 Å². The quantitative estimate of drug-likeness (QED) is 0.438. The van der Waals surface area contributed by atoms with Crippen LogP contribution in [0.5, 0.6) is 0 Å². The lowest BCUT2D eigenvalue weighted by molar-refractivity contribution is 0.0386. The number of nitrogens with zero attached hydrogens (tertiary/aromatic N) is 1. The zero-order chi connectivity index (χ0) is 5.11. The summed E-state index contributed by atoms with van der Waals surface area (Å²) in [6.45, 7) is 1.23. The third kappa shape index (κ3) is 1.65. The molecular weight excluding hydrogens is 113 g/mol. The van der Waals surface area contributed by atoms with E-state index in [1.54, 1.807) is 0 Å². The van der Waals surface area contributed by atoms with Crippen molar-refractivity contribution in [3.63, 3.8) is 0 Å². The Morgan fingerprint density at radius 1 is 1.29 bits per heavy atom. The first-order valence-corrected chi connectivity index (χ1v) is 3.53. The van der Waals surface area contributed by atoms with Gasteiger partial charge in [-0.2, -0.15) is 11.8 Å². The van der Waals surface area contributed by atoms with Gasteiger partial charge >= 0.3 is 0 Å². The maximum atomic E-state index is 12.0. The molecule has 0 aliphatic carbocycles. The van der Waals surface area contributed by atoms with Crippen molar-refractivity contribution in [2.45, 2.75) is 0 Å². The summed E-state index contributed by atoms with van der Waals surface area (Å²) >= 11 is 1.82. The molecule has 0 atom stereocenters. The normalized spacial score (nSPS) is 25.3. The molecular formula is C4H8FNS. The maximum absolute atomic E-state index is 12.0. The van der Waals surface area contributed by atoms with Crippen LogP contribution in [0.1, 0.15) is 0 Å². The molecule has 0 aromatic rings. The van der Waals surface area contributed by atoms with E-state index in [4.69, 9.17) is 0 Å². The Morgan fingerprint density at radius 2 is 1.86 bits per heavy atom. The predicted octanol–water partition coefficient (Wildman–Crippen LogP) is 0.920. The van der Waals surface area contributed by atoms with Gasteiger partial charge in [-0.25, -0.2) is 0 Å². The van der Waals surface area contributed by atoms with Crippen molar-refractivity contribution < 1.29 is 4.48 Å². The van der Waals surface area contributed by atoms with Crippen molar-refractivity contribution in [3.8, 4) is 0 Å². The van der Waals surface area contributed by atoms with E-state index in [2.05, 4.69) is 0 Å². The molecule has 0 aromatic carbocycles. The Kier molecular flexibility index (Phi) is 1.94. The topological polar surface area (TPSA) is 3.24 Å². The second kappa shape index (κ2) is 2.52. The number of thioether (sulfide) groups is 1. The lowest BCUT2D eigenvalue weighted by Gasteiger charge is -2.15. The fraction of sp³-hybridized carbons (Fsp3) is 1.00. The molecule has 1 aliphatic rings. The first-order valence-electron chi connectivity index (χ1n) is 2.38. The Morgan fingerprint density at radius 3 is 2.14 bits per heavy atom. The standard InChI is InChI=1S/C4H8FNS/c5-6-1-3-7-4-2-6/h1-4H2. The van der Waals surface area contributed by atoms with Crippen LogP contribution in [-0.2, 0) is 0 Å². The van der Waals surface area contributed by atoms with E-state index in [0.29, 0.717) is 13.1 Å². The minimum Gasteiger partial charge on any atom is -0.159 e. The SMILES string of the molecule is FN1CCSCC1. The van der Waals surface area contributed by atoms with E-state index in [0.717, 1.165) is 16.6 Å². The van der Waals surface area contributed by atoms with Crippen molar-refractivity contribution in [1.29, 1.82) is 0 Å². The average molecular weight is 121 g/mol. The summed E-state index contributed by atoms with van der Waals surface area (Å²) in [5.74, 6) is 1.91. The number of rotatable bonds is 0. The molecule has 0 saturated carbocycles. The van der Waals surface area contributed by atoms with Crippen molar-refractivity contribution in [3.05, 3.63) is 0 Å². The van der Waals surface area contributed by atoms with Crippen LogP contribution in [0.25, 0.3) is 0 Å². The number of halogens is 1. The van der Waals surface area contributed by atoms with Gasteiger partial charge in [0.05, 0.1) is 0 Å². The van der Waals surface area contributed by atoms with Gasteiger partial charge in [0.15, 0.2) is 0 Å². The van der Waals surface area contributed by atoms with Crippen LogP contribution in [0.15, 0.2) is 0 Å². The first kappa shape index (κ1) is 5.38. The Balaban J connectivity index is 2.12. The van der Waals surface area contributed by atoms with Crippen molar-refractivity contribution in [2.24, 2.45) is 0 Å². The predicted molar refractivity (Wildman–Crippen MR) is 30.0 cm³/mol.